The van der Waals surface area contributed by atoms with Gasteiger partial charge in [0, 0.05) is 30.0 Å². The molecule has 1 saturated heterocycles. The predicted molar refractivity (Wildman–Crippen MR) is 85.8 cm³/mol. The highest BCUT2D eigenvalue weighted by atomic mass is 35.5. The van der Waals surface area contributed by atoms with E-state index >= 15 is 0 Å². The van der Waals surface area contributed by atoms with E-state index in [0.717, 1.165) is 5.56 Å². The molecule has 2 aromatic carbocycles. The lowest BCUT2D eigenvalue weighted by Gasteiger charge is -2.05. The zero-order chi connectivity index (χ0) is 16.8. The van der Waals surface area contributed by atoms with Crippen molar-refractivity contribution in [1.82, 2.24) is 0 Å². The first kappa shape index (κ1) is 15.5. The lowest BCUT2D eigenvalue weighted by Crippen LogP contribution is -2.01. The number of non-ortho nitro benzene ring substituents is 2. The molecule has 23 heavy (non-hydrogen) atoms. The first-order valence-electron chi connectivity index (χ1n) is 6.48. The Hall–Kier alpha value is -2.38. The van der Waals surface area contributed by atoms with Gasteiger partial charge >= 0.3 is 0 Å². The zero-order valence-corrected chi connectivity index (χ0v) is 12.9. The molecular weight excluding hydrogens is 345 g/mol. The minimum absolute atomic E-state index is 0.0222. The Morgan fingerprint density at radius 2 is 1.30 bits per heavy atom. The van der Waals surface area contributed by atoms with Crippen molar-refractivity contribution in [1.29, 1.82) is 0 Å². The van der Waals surface area contributed by atoms with E-state index in [-0.39, 0.29) is 17.4 Å². The molecular formula is C14H9Cl2N3O4. The second kappa shape index (κ2) is 5.36. The van der Waals surface area contributed by atoms with Gasteiger partial charge in [0.2, 0.25) is 4.46 Å². The van der Waals surface area contributed by atoms with Crippen molar-refractivity contribution in [3.8, 4) is 0 Å². The highest BCUT2D eigenvalue weighted by Crippen LogP contribution is 2.61. The first-order chi connectivity index (χ1) is 10.8. The molecule has 1 heterocycles. The van der Waals surface area contributed by atoms with Crippen LogP contribution in [0, 0.1) is 20.2 Å². The van der Waals surface area contributed by atoms with Gasteiger partial charge in [0.05, 0.1) is 9.85 Å². The van der Waals surface area contributed by atoms with E-state index in [1.807, 2.05) is 0 Å². The lowest BCUT2D eigenvalue weighted by atomic mass is 10.1. The summed E-state index contributed by atoms with van der Waals surface area (Å²) in [5, 5.41) is 21.4. The van der Waals surface area contributed by atoms with Crippen molar-refractivity contribution in [2.75, 3.05) is 4.90 Å². The number of nitro groups is 2. The Bertz CT molecular complexity index is 712. The van der Waals surface area contributed by atoms with E-state index in [4.69, 9.17) is 23.2 Å². The van der Waals surface area contributed by atoms with Crippen molar-refractivity contribution < 1.29 is 9.85 Å². The minimum atomic E-state index is -1.20. The predicted octanol–water partition coefficient (Wildman–Crippen LogP) is 4.20. The molecule has 0 unspecified atom stereocenters. The summed E-state index contributed by atoms with van der Waals surface area (Å²) in [6.07, 6.45) is 0. The van der Waals surface area contributed by atoms with Crippen LogP contribution in [0.15, 0.2) is 48.5 Å². The molecule has 0 spiro atoms. The van der Waals surface area contributed by atoms with E-state index in [1.165, 1.54) is 24.3 Å². The smallest absolute Gasteiger partial charge is 0.269 e. The Labute approximate surface area is 140 Å². The largest absolute Gasteiger partial charge is 0.326 e. The van der Waals surface area contributed by atoms with Crippen molar-refractivity contribution in [3.05, 3.63) is 74.3 Å². The van der Waals surface area contributed by atoms with Crippen LogP contribution in [0.25, 0.3) is 0 Å². The first-order valence-corrected chi connectivity index (χ1v) is 7.24. The molecule has 0 amide bonds. The molecule has 2 aromatic rings. The van der Waals surface area contributed by atoms with Gasteiger partial charge in [-0.05, 0) is 29.8 Å². The van der Waals surface area contributed by atoms with Crippen LogP contribution in [-0.4, -0.2) is 14.3 Å². The summed E-state index contributed by atoms with van der Waals surface area (Å²) in [7, 11) is 0. The van der Waals surface area contributed by atoms with E-state index in [0.29, 0.717) is 5.69 Å². The maximum Gasteiger partial charge on any atom is 0.269 e. The number of rotatable bonds is 4. The molecule has 1 aliphatic rings. The molecule has 7 nitrogen and oxygen atoms in total. The summed E-state index contributed by atoms with van der Waals surface area (Å²) in [4.78, 5) is 22.1. The second-order valence-corrected chi connectivity index (χ2v) is 6.33. The van der Waals surface area contributed by atoms with Crippen molar-refractivity contribution in [2.45, 2.75) is 10.5 Å². The SMILES string of the molecule is O=[N+]([O-])c1ccc([C@H]2N(c3ccc([N+](=O)[O-])cc3)C2(Cl)Cl)cc1. The van der Waals surface area contributed by atoms with Gasteiger partial charge in [-0.3, -0.25) is 20.2 Å². The van der Waals surface area contributed by atoms with Gasteiger partial charge in [-0.1, -0.05) is 23.2 Å². The summed E-state index contributed by atoms with van der Waals surface area (Å²) in [5.41, 5.74) is 1.30. The Morgan fingerprint density at radius 1 is 0.870 bits per heavy atom. The number of alkyl halides is 2. The average molecular weight is 354 g/mol. The molecule has 1 aliphatic heterocycles. The van der Waals surface area contributed by atoms with E-state index < -0.39 is 14.3 Å². The molecule has 0 N–H and O–H groups in total. The van der Waals surface area contributed by atoms with E-state index in [2.05, 4.69) is 0 Å². The second-order valence-electron chi connectivity index (χ2n) is 4.98. The minimum Gasteiger partial charge on any atom is -0.326 e. The third kappa shape index (κ3) is 2.69. The molecule has 0 bridgehead atoms. The summed E-state index contributed by atoms with van der Waals surface area (Å²) >= 11 is 12.5. The molecule has 0 saturated carbocycles. The average Bonchev–Trinajstić information content (AvgIpc) is 3.09. The third-order valence-corrected chi connectivity index (χ3v) is 4.38. The number of benzene rings is 2. The van der Waals surface area contributed by atoms with Crippen molar-refractivity contribution in [3.63, 3.8) is 0 Å². The number of nitro benzene ring substituents is 2. The van der Waals surface area contributed by atoms with Crippen LogP contribution in [0.3, 0.4) is 0 Å². The fraction of sp³-hybridized carbons (Fsp3) is 0.143. The Kier molecular flexibility index (Phi) is 3.62. The summed E-state index contributed by atoms with van der Waals surface area (Å²) in [5.74, 6) is 0. The standard InChI is InChI=1S/C14H9Cl2N3O4/c15-14(16)13(9-1-3-11(4-2-9)18(20)21)17(14)10-5-7-12(8-6-10)19(22)23/h1-8,13H/t13-,17?/m1/s1. The highest BCUT2D eigenvalue weighted by Gasteiger charge is 2.62. The maximum absolute atomic E-state index is 10.7. The lowest BCUT2D eigenvalue weighted by molar-refractivity contribution is -0.385. The van der Waals surface area contributed by atoms with Gasteiger partial charge < -0.3 is 4.90 Å². The zero-order valence-electron chi connectivity index (χ0n) is 11.4. The summed E-state index contributed by atoms with van der Waals surface area (Å²) in [6, 6.07) is 11.4. The normalized spacial score (nSPS) is 18.5. The molecule has 9 heteroatoms. The number of hydrogen-bond donors (Lipinski definition) is 0. The van der Waals surface area contributed by atoms with Crippen molar-refractivity contribution in [2.24, 2.45) is 0 Å². The van der Waals surface area contributed by atoms with Crippen LogP contribution < -0.4 is 4.90 Å². The van der Waals surface area contributed by atoms with Gasteiger partial charge in [0.15, 0.2) is 0 Å². The fourth-order valence-corrected chi connectivity index (χ4v) is 3.17. The van der Waals surface area contributed by atoms with Gasteiger partial charge in [0.1, 0.15) is 6.04 Å². The van der Waals surface area contributed by atoms with Gasteiger partial charge in [-0.25, -0.2) is 0 Å². The topological polar surface area (TPSA) is 89.3 Å². The maximum atomic E-state index is 10.7. The van der Waals surface area contributed by atoms with Crippen LogP contribution >= 0.6 is 23.2 Å². The highest BCUT2D eigenvalue weighted by molar-refractivity contribution is 6.53. The van der Waals surface area contributed by atoms with Crippen molar-refractivity contribution >= 4 is 40.3 Å². The molecule has 0 radical (unpaired) electrons. The summed E-state index contributed by atoms with van der Waals surface area (Å²) < 4.78 is -1.20. The molecule has 1 atom stereocenters. The number of hydrogen-bond acceptors (Lipinski definition) is 5. The quantitative estimate of drug-likeness (QED) is 0.270. The molecule has 3 rings (SSSR count). The molecule has 1 fully saturated rings. The number of halogens is 2. The number of anilines is 1. The van der Waals surface area contributed by atoms with E-state index in [1.54, 1.807) is 29.2 Å². The van der Waals surface area contributed by atoms with Gasteiger partial charge in [-0.15, -0.1) is 0 Å². The van der Waals surface area contributed by atoms with Crippen LogP contribution in [-0.2, 0) is 0 Å². The van der Waals surface area contributed by atoms with Gasteiger partial charge in [-0.2, -0.15) is 0 Å². The molecule has 118 valence electrons. The van der Waals surface area contributed by atoms with E-state index in [9.17, 15) is 20.2 Å². The Morgan fingerprint density at radius 3 is 1.74 bits per heavy atom. The molecule has 0 aromatic heterocycles. The van der Waals surface area contributed by atoms with Crippen LogP contribution in [0.5, 0.6) is 0 Å². The fourth-order valence-electron chi connectivity index (χ4n) is 2.43. The number of nitrogens with zero attached hydrogens (tertiary/aromatic N) is 3. The monoisotopic (exact) mass is 353 g/mol. The molecule has 0 aliphatic carbocycles. The van der Waals surface area contributed by atoms with Crippen LogP contribution in [0.2, 0.25) is 0 Å². The summed E-state index contributed by atoms with van der Waals surface area (Å²) in [6.45, 7) is 0. The Balaban J connectivity index is 1.87. The van der Waals surface area contributed by atoms with Crippen LogP contribution in [0.1, 0.15) is 11.6 Å². The third-order valence-electron chi connectivity index (χ3n) is 3.60. The van der Waals surface area contributed by atoms with Crippen LogP contribution in [0.4, 0.5) is 17.1 Å². The van der Waals surface area contributed by atoms with Gasteiger partial charge in [0.25, 0.3) is 11.4 Å².